The molecule has 2 aliphatic rings. The van der Waals surface area contributed by atoms with Crippen LogP contribution in [-0.2, 0) is 15.3 Å². The number of aromatic nitrogens is 2. The summed E-state index contributed by atoms with van der Waals surface area (Å²) in [6.45, 7) is 4.30. The number of nitrogen functional groups attached to an aromatic ring is 1. The smallest absolute Gasteiger partial charge is 0.152 e. The Morgan fingerprint density at radius 2 is 1.95 bits per heavy atom. The number of nitrogens with two attached hydrogens (primary N) is 1. The first-order valence-electron chi connectivity index (χ1n) is 7.88. The van der Waals surface area contributed by atoms with Gasteiger partial charge in [-0.25, -0.2) is 13.1 Å². The van der Waals surface area contributed by atoms with Crippen molar-refractivity contribution in [2.45, 2.75) is 63.8 Å². The third-order valence-corrected chi connectivity index (χ3v) is 7.03. The van der Waals surface area contributed by atoms with E-state index in [1.165, 1.54) is 19.3 Å². The van der Waals surface area contributed by atoms with Gasteiger partial charge in [-0.1, -0.05) is 26.2 Å². The van der Waals surface area contributed by atoms with Gasteiger partial charge in [-0.05, 0) is 26.2 Å². The number of sulfone groups is 1. The number of hydrogen-bond acceptors (Lipinski definition) is 4. The Balaban J connectivity index is 1.96. The molecular formula is C15H25N3O2S. The van der Waals surface area contributed by atoms with Gasteiger partial charge in [-0.3, -0.25) is 0 Å². The summed E-state index contributed by atoms with van der Waals surface area (Å²) >= 11 is 0. The highest BCUT2D eigenvalue weighted by Gasteiger charge is 2.37. The Kier molecular flexibility index (Phi) is 3.55. The first-order valence-corrected chi connectivity index (χ1v) is 9.70. The lowest BCUT2D eigenvalue weighted by Gasteiger charge is -2.32. The molecule has 1 aromatic rings. The highest BCUT2D eigenvalue weighted by molar-refractivity contribution is 7.91. The van der Waals surface area contributed by atoms with Crippen molar-refractivity contribution in [2.75, 3.05) is 17.2 Å². The Morgan fingerprint density at radius 1 is 1.29 bits per heavy atom. The zero-order chi connectivity index (χ0) is 15.3. The zero-order valence-corrected chi connectivity index (χ0v) is 13.7. The molecule has 0 spiro atoms. The van der Waals surface area contributed by atoms with Gasteiger partial charge in [0, 0.05) is 11.0 Å². The van der Waals surface area contributed by atoms with Crippen LogP contribution >= 0.6 is 0 Å². The Bertz CT molecular complexity index is 642. The summed E-state index contributed by atoms with van der Waals surface area (Å²) in [7, 11) is -2.92. The first kappa shape index (κ1) is 14.9. The van der Waals surface area contributed by atoms with Crippen LogP contribution in [-0.4, -0.2) is 29.7 Å². The minimum Gasteiger partial charge on any atom is -0.384 e. The van der Waals surface area contributed by atoms with Gasteiger partial charge in [-0.15, -0.1) is 0 Å². The van der Waals surface area contributed by atoms with E-state index in [4.69, 9.17) is 10.8 Å². The molecule has 2 N–H and O–H groups in total. The maximum Gasteiger partial charge on any atom is 0.152 e. The maximum atomic E-state index is 11.7. The standard InChI is InChI=1S/C15H25N3O2S/c1-11-13(15(2)7-4-3-5-8-15)17-18(14(11)16)12-6-9-21(19,20)10-12/h12H,3-10,16H2,1-2H3. The molecule has 1 saturated carbocycles. The van der Waals surface area contributed by atoms with Crippen molar-refractivity contribution in [3.8, 4) is 0 Å². The molecule has 1 aromatic heterocycles. The highest BCUT2D eigenvalue weighted by Crippen LogP contribution is 2.41. The van der Waals surface area contributed by atoms with Gasteiger partial charge in [0.25, 0.3) is 0 Å². The summed E-state index contributed by atoms with van der Waals surface area (Å²) in [5, 5.41) is 4.78. The van der Waals surface area contributed by atoms with Gasteiger partial charge in [0.2, 0.25) is 0 Å². The molecule has 21 heavy (non-hydrogen) atoms. The van der Waals surface area contributed by atoms with Crippen LogP contribution < -0.4 is 5.73 Å². The van der Waals surface area contributed by atoms with E-state index in [0.717, 1.165) is 24.1 Å². The fourth-order valence-electron chi connectivity index (χ4n) is 3.92. The third kappa shape index (κ3) is 2.58. The molecule has 1 aliphatic carbocycles. The van der Waals surface area contributed by atoms with Crippen molar-refractivity contribution in [2.24, 2.45) is 0 Å². The van der Waals surface area contributed by atoms with Crippen molar-refractivity contribution in [1.29, 1.82) is 0 Å². The lowest BCUT2D eigenvalue weighted by atomic mass is 9.72. The van der Waals surface area contributed by atoms with Crippen LogP contribution in [0, 0.1) is 6.92 Å². The second-order valence-electron chi connectivity index (χ2n) is 6.98. The molecule has 6 heteroatoms. The van der Waals surface area contributed by atoms with Crippen molar-refractivity contribution < 1.29 is 8.42 Å². The van der Waals surface area contributed by atoms with E-state index in [1.807, 2.05) is 6.92 Å². The molecular weight excluding hydrogens is 286 g/mol. The number of nitrogens with zero attached hydrogens (tertiary/aromatic N) is 2. The summed E-state index contributed by atoms with van der Waals surface area (Å²) in [5.74, 6) is 1.08. The monoisotopic (exact) mass is 311 g/mol. The number of anilines is 1. The zero-order valence-electron chi connectivity index (χ0n) is 12.9. The molecule has 0 radical (unpaired) electrons. The lowest BCUT2D eigenvalue weighted by molar-refractivity contribution is 0.306. The molecule has 5 nitrogen and oxygen atoms in total. The van der Waals surface area contributed by atoms with Crippen LogP contribution in [0.5, 0.6) is 0 Å². The van der Waals surface area contributed by atoms with Gasteiger partial charge >= 0.3 is 0 Å². The van der Waals surface area contributed by atoms with Crippen LogP contribution in [0.4, 0.5) is 5.82 Å². The average Bonchev–Trinajstić information content (AvgIpc) is 2.92. The van der Waals surface area contributed by atoms with E-state index in [0.29, 0.717) is 12.2 Å². The van der Waals surface area contributed by atoms with Crippen LogP contribution in [0.2, 0.25) is 0 Å². The van der Waals surface area contributed by atoms with Gasteiger partial charge in [0.1, 0.15) is 5.82 Å². The fourth-order valence-corrected chi connectivity index (χ4v) is 5.61. The van der Waals surface area contributed by atoms with Crippen molar-refractivity contribution >= 4 is 15.7 Å². The minimum atomic E-state index is -2.92. The van der Waals surface area contributed by atoms with E-state index >= 15 is 0 Å². The SMILES string of the molecule is Cc1c(C2(C)CCCCC2)nn(C2CCS(=O)(=O)C2)c1N. The summed E-state index contributed by atoms with van der Waals surface area (Å²) in [5.41, 5.74) is 8.47. The predicted molar refractivity (Wildman–Crippen MR) is 84.1 cm³/mol. The third-order valence-electron chi connectivity index (χ3n) is 5.28. The van der Waals surface area contributed by atoms with E-state index in [9.17, 15) is 8.42 Å². The molecule has 0 bridgehead atoms. The van der Waals surface area contributed by atoms with E-state index in [-0.39, 0.29) is 23.0 Å². The largest absolute Gasteiger partial charge is 0.384 e. The molecule has 0 amide bonds. The second kappa shape index (κ2) is 5.00. The van der Waals surface area contributed by atoms with Crippen LogP contribution in [0.15, 0.2) is 0 Å². The first-order chi connectivity index (χ1) is 9.82. The van der Waals surface area contributed by atoms with Crippen molar-refractivity contribution in [3.63, 3.8) is 0 Å². The number of hydrogen-bond donors (Lipinski definition) is 1. The normalized spacial score (nSPS) is 27.8. The lowest BCUT2D eigenvalue weighted by Crippen LogP contribution is -2.27. The molecule has 0 aromatic carbocycles. The van der Waals surface area contributed by atoms with Crippen LogP contribution in [0.1, 0.15) is 62.7 Å². The van der Waals surface area contributed by atoms with E-state index in [2.05, 4.69) is 6.92 Å². The number of rotatable bonds is 2. The van der Waals surface area contributed by atoms with E-state index < -0.39 is 9.84 Å². The molecule has 2 heterocycles. The van der Waals surface area contributed by atoms with E-state index in [1.54, 1.807) is 4.68 Å². The molecule has 2 fully saturated rings. The molecule has 118 valence electrons. The summed E-state index contributed by atoms with van der Waals surface area (Å²) in [6, 6.07) is -0.0883. The van der Waals surface area contributed by atoms with Crippen molar-refractivity contribution in [1.82, 2.24) is 9.78 Å². The summed E-state index contributed by atoms with van der Waals surface area (Å²) < 4.78 is 25.2. The fraction of sp³-hybridized carbons (Fsp3) is 0.800. The molecule has 1 aliphatic heterocycles. The van der Waals surface area contributed by atoms with Gasteiger partial charge in [0.05, 0.1) is 23.2 Å². The quantitative estimate of drug-likeness (QED) is 0.909. The topological polar surface area (TPSA) is 78.0 Å². The second-order valence-corrected chi connectivity index (χ2v) is 9.21. The molecule has 1 saturated heterocycles. The Labute approximate surface area is 126 Å². The maximum absolute atomic E-state index is 11.7. The predicted octanol–water partition coefficient (Wildman–Crippen LogP) is 2.36. The van der Waals surface area contributed by atoms with Crippen molar-refractivity contribution in [3.05, 3.63) is 11.3 Å². The summed E-state index contributed by atoms with van der Waals surface area (Å²) in [4.78, 5) is 0. The minimum absolute atomic E-state index is 0.0883. The molecule has 1 unspecified atom stereocenters. The van der Waals surface area contributed by atoms with Crippen LogP contribution in [0.25, 0.3) is 0 Å². The van der Waals surface area contributed by atoms with Gasteiger partial charge < -0.3 is 5.73 Å². The Hall–Kier alpha value is -1.04. The summed E-state index contributed by atoms with van der Waals surface area (Å²) in [6.07, 6.45) is 6.69. The van der Waals surface area contributed by atoms with Gasteiger partial charge in [-0.2, -0.15) is 5.10 Å². The van der Waals surface area contributed by atoms with Crippen LogP contribution in [0.3, 0.4) is 0 Å². The highest BCUT2D eigenvalue weighted by atomic mass is 32.2. The van der Waals surface area contributed by atoms with Gasteiger partial charge in [0.15, 0.2) is 9.84 Å². The molecule has 3 rings (SSSR count). The molecule has 1 atom stereocenters. The average molecular weight is 311 g/mol. The Morgan fingerprint density at radius 3 is 2.52 bits per heavy atom.